The Kier molecular flexibility index (Phi) is 8.88. The highest BCUT2D eigenvalue weighted by atomic mass is 79.9. The summed E-state index contributed by atoms with van der Waals surface area (Å²) in [5.74, 6) is 0.832. The molecule has 1 N–H and O–H groups in total. The van der Waals surface area contributed by atoms with Crippen molar-refractivity contribution in [1.82, 2.24) is 0 Å². The van der Waals surface area contributed by atoms with E-state index in [1.54, 1.807) is 0 Å². The summed E-state index contributed by atoms with van der Waals surface area (Å²) in [6.45, 7) is 2.64. The van der Waals surface area contributed by atoms with Crippen LogP contribution in [-0.2, 0) is 0 Å². The summed E-state index contributed by atoms with van der Waals surface area (Å²) in [5.41, 5.74) is 0. The average Bonchev–Trinajstić information content (AvgIpc) is 2.01. The minimum Gasteiger partial charge on any atom is -0.396 e. The summed E-state index contributed by atoms with van der Waals surface area (Å²) in [4.78, 5) is 0. The first-order chi connectivity index (χ1) is 5.31. The minimum absolute atomic E-state index is 0.352. The van der Waals surface area contributed by atoms with Crippen molar-refractivity contribution in [3.05, 3.63) is 0 Å². The van der Waals surface area contributed by atoms with Crippen LogP contribution in [0.1, 0.15) is 39.0 Å². The van der Waals surface area contributed by atoms with Gasteiger partial charge in [0.1, 0.15) is 0 Å². The molecule has 0 fully saturated rings. The first-order valence-electron chi connectivity index (χ1n) is 4.48. The Hall–Kier alpha value is 0.440. The van der Waals surface area contributed by atoms with Gasteiger partial charge in [0.15, 0.2) is 0 Å². The van der Waals surface area contributed by atoms with Crippen molar-refractivity contribution in [3.8, 4) is 0 Å². The Morgan fingerprint density at radius 3 is 2.36 bits per heavy atom. The third-order valence-corrected chi connectivity index (χ3v) is 2.50. The molecule has 0 radical (unpaired) electrons. The van der Waals surface area contributed by atoms with E-state index in [1.165, 1.54) is 25.7 Å². The van der Waals surface area contributed by atoms with E-state index >= 15 is 0 Å². The summed E-state index contributed by atoms with van der Waals surface area (Å²) >= 11 is 3.42. The zero-order valence-corrected chi connectivity index (χ0v) is 8.94. The Morgan fingerprint density at radius 1 is 1.18 bits per heavy atom. The van der Waals surface area contributed by atoms with Crippen LogP contribution in [0.2, 0.25) is 0 Å². The van der Waals surface area contributed by atoms with Crippen molar-refractivity contribution >= 4 is 15.9 Å². The van der Waals surface area contributed by atoms with Gasteiger partial charge in [-0.05, 0) is 25.2 Å². The van der Waals surface area contributed by atoms with Crippen molar-refractivity contribution in [2.75, 3.05) is 11.9 Å². The van der Waals surface area contributed by atoms with E-state index in [9.17, 15) is 0 Å². The van der Waals surface area contributed by atoms with Gasteiger partial charge in [0.2, 0.25) is 0 Å². The van der Waals surface area contributed by atoms with Crippen molar-refractivity contribution < 1.29 is 5.11 Å². The number of hydrogen-bond acceptors (Lipinski definition) is 1. The zero-order valence-electron chi connectivity index (χ0n) is 7.35. The number of hydrogen-bond donors (Lipinski definition) is 1. The molecule has 0 aromatic heterocycles. The van der Waals surface area contributed by atoms with Crippen molar-refractivity contribution in [2.24, 2.45) is 5.92 Å². The van der Waals surface area contributed by atoms with Crippen molar-refractivity contribution in [2.45, 2.75) is 39.0 Å². The van der Waals surface area contributed by atoms with Gasteiger partial charge >= 0.3 is 0 Å². The lowest BCUT2D eigenvalue weighted by molar-refractivity contribution is 0.278. The zero-order chi connectivity index (χ0) is 8.53. The molecule has 68 valence electrons. The highest BCUT2D eigenvalue weighted by Crippen LogP contribution is 2.14. The number of rotatable bonds is 7. The lowest BCUT2D eigenvalue weighted by Gasteiger charge is -2.08. The van der Waals surface area contributed by atoms with Gasteiger partial charge in [0.05, 0.1) is 0 Å². The molecule has 0 amide bonds. The molecule has 0 spiro atoms. The number of halogens is 1. The second-order valence-electron chi connectivity index (χ2n) is 3.16. The molecule has 0 aliphatic heterocycles. The predicted octanol–water partition coefficient (Wildman–Crippen LogP) is 2.96. The van der Waals surface area contributed by atoms with Gasteiger partial charge in [-0.2, -0.15) is 0 Å². The molecule has 2 heteroatoms. The van der Waals surface area contributed by atoms with Gasteiger partial charge in [-0.15, -0.1) is 0 Å². The van der Waals surface area contributed by atoms with Gasteiger partial charge in [0.25, 0.3) is 0 Å². The molecule has 0 saturated carbocycles. The summed E-state index contributed by atoms with van der Waals surface area (Å²) in [6, 6.07) is 0. The third kappa shape index (κ3) is 8.35. The topological polar surface area (TPSA) is 20.2 Å². The molecule has 0 bridgehead atoms. The highest BCUT2D eigenvalue weighted by Gasteiger charge is 2.00. The van der Waals surface area contributed by atoms with Crippen LogP contribution < -0.4 is 0 Å². The normalized spacial score (nSPS) is 13.4. The number of alkyl halides is 1. The predicted molar refractivity (Wildman–Crippen MR) is 53.1 cm³/mol. The highest BCUT2D eigenvalue weighted by molar-refractivity contribution is 9.09. The van der Waals surface area contributed by atoms with Crippen LogP contribution in [0.15, 0.2) is 0 Å². The number of aliphatic hydroxyl groups is 1. The molecule has 11 heavy (non-hydrogen) atoms. The van der Waals surface area contributed by atoms with Gasteiger partial charge < -0.3 is 5.11 Å². The summed E-state index contributed by atoms with van der Waals surface area (Å²) in [7, 11) is 0. The maximum Gasteiger partial charge on any atom is 0.0431 e. The standard InChI is InChI=1S/C9H19BrO/c1-9(6-4-7-10)5-2-3-8-11/h9,11H,2-8H2,1H3/t9-/m1/s1. The lowest BCUT2D eigenvalue weighted by Crippen LogP contribution is -1.96. The number of aliphatic hydroxyl groups excluding tert-OH is 1. The molecule has 1 atom stereocenters. The fourth-order valence-corrected chi connectivity index (χ4v) is 1.50. The van der Waals surface area contributed by atoms with Gasteiger partial charge in [-0.25, -0.2) is 0 Å². The fourth-order valence-electron chi connectivity index (χ4n) is 1.17. The van der Waals surface area contributed by atoms with E-state index in [0.717, 1.165) is 17.7 Å². The second kappa shape index (κ2) is 8.54. The van der Waals surface area contributed by atoms with Crippen LogP contribution in [0.5, 0.6) is 0 Å². The molecule has 1 nitrogen and oxygen atoms in total. The van der Waals surface area contributed by atoms with Crippen LogP contribution in [0, 0.1) is 5.92 Å². The van der Waals surface area contributed by atoms with Crippen LogP contribution in [0.25, 0.3) is 0 Å². The molecular formula is C9H19BrO. The largest absolute Gasteiger partial charge is 0.396 e. The summed E-state index contributed by atoms with van der Waals surface area (Å²) in [6.07, 6.45) is 6.02. The van der Waals surface area contributed by atoms with E-state index in [4.69, 9.17) is 5.11 Å². The molecule has 0 aromatic carbocycles. The van der Waals surface area contributed by atoms with Gasteiger partial charge in [-0.3, -0.25) is 0 Å². The van der Waals surface area contributed by atoms with E-state index < -0.39 is 0 Å². The first-order valence-corrected chi connectivity index (χ1v) is 5.60. The quantitative estimate of drug-likeness (QED) is 0.519. The van der Waals surface area contributed by atoms with E-state index in [-0.39, 0.29) is 0 Å². The van der Waals surface area contributed by atoms with E-state index in [1.807, 2.05) is 0 Å². The minimum atomic E-state index is 0.352. The summed E-state index contributed by atoms with van der Waals surface area (Å²) < 4.78 is 0. The fraction of sp³-hybridized carbons (Fsp3) is 1.00. The molecule has 0 aliphatic carbocycles. The van der Waals surface area contributed by atoms with E-state index in [0.29, 0.717) is 6.61 Å². The van der Waals surface area contributed by atoms with Crippen molar-refractivity contribution in [1.29, 1.82) is 0 Å². The monoisotopic (exact) mass is 222 g/mol. The van der Waals surface area contributed by atoms with Crippen molar-refractivity contribution in [3.63, 3.8) is 0 Å². The maximum absolute atomic E-state index is 8.55. The summed E-state index contributed by atoms with van der Waals surface area (Å²) in [5, 5.41) is 9.67. The van der Waals surface area contributed by atoms with Crippen LogP contribution in [-0.4, -0.2) is 17.0 Å². The Bertz CT molecular complexity index is 76.0. The van der Waals surface area contributed by atoms with Crippen LogP contribution >= 0.6 is 15.9 Å². The second-order valence-corrected chi connectivity index (χ2v) is 3.95. The molecule has 0 aromatic rings. The first kappa shape index (κ1) is 11.4. The molecule has 0 heterocycles. The molecule has 0 unspecified atom stereocenters. The SMILES string of the molecule is C[C@@H](CCCBr)CCCCO. The van der Waals surface area contributed by atoms with Crippen LogP contribution in [0.3, 0.4) is 0 Å². The molecular weight excluding hydrogens is 204 g/mol. The van der Waals surface area contributed by atoms with E-state index in [2.05, 4.69) is 22.9 Å². The number of unbranched alkanes of at least 4 members (excludes halogenated alkanes) is 1. The lowest BCUT2D eigenvalue weighted by atomic mass is 9.99. The maximum atomic E-state index is 8.55. The molecule has 0 saturated heterocycles. The van der Waals surface area contributed by atoms with Gasteiger partial charge in [-0.1, -0.05) is 35.7 Å². The molecule has 0 aliphatic rings. The Balaban J connectivity index is 3.02. The third-order valence-electron chi connectivity index (χ3n) is 1.94. The Morgan fingerprint density at radius 2 is 1.82 bits per heavy atom. The van der Waals surface area contributed by atoms with Gasteiger partial charge in [0, 0.05) is 11.9 Å². The molecule has 0 rings (SSSR count). The van der Waals surface area contributed by atoms with Crippen LogP contribution in [0.4, 0.5) is 0 Å². The average molecular weight is 223 g/mol. The Labute approximate surface area is 78.3 Å². The smallest absolute Gasteiger partial charge is 0.0431 e.